The summed E-state index contributed by atoms with van der Waals surface area (Å²) in [6, 6.07) is 5.67. The molecule has 1 aromatic carbocycles. The highest BCUT2D eigenvalue weighted by Gasteiger charge is 2.17. The van der Waals surface area contributed by atoms with Gasteiger partial charge in [-0.2, -0.15) is 0 Å². The minimum Gasteiger partial charge on any atom is -0.486 e. The van der Waals surface area contributed by atoms with E-state index in [9.17, 15) is 5.11 Å². The summed E-state index contributed by atoms with van der Waals surface area (Å²) in [5, 5.41) is 10.3. The van der Waals surface area contributed by atoms with Crippen molar-refractivity contribution in [3.8, 4) is 11.5 Å². The van der Waals surface area contributed by atoms with E-state index in [1.54, 1.807) is 0 Å². The van der Waals surface area contributed by atoms with Crippen molar-refractivity contribution in [2.45, 2.75) is 26.4 Å². The quantitative estimate of drug-likeness (QED) is 0.868. The van der Waals surface area contributed by atoms with Crippen molar-refractivity contribution in [3.05, 3.63) is 23.8 Å². The Morgan fingerprint density at radius 3 is 2.60 bits per heavy atom. The fourth-order valence-electron chi connectivity index (χ4n) is 2.40. The minimum atomic E-state index is -0.500. The van der Waals surface area contributed by atoms with Crippen molar-refractivity contribution in [1.29, 1.82) is 0 Å². The largest absolute Gasteiger partial charge is 0.486 e. The van der Waals surface area contributed by atoms with E-state index in [2.05, 4.69) is 18.7 Å². The second-order valence-corrected chi connectivity index (χ2v) is 5.65. The predicted molar refractivity (Wildman–Crippen MR) is 79.3 cm³/mol. The molecule has 1 aliphatic heterocycles. The van der Waals surface area contributed by atoms with Gasteiger partial charge in [-0.05, 0) is 30.7 Å². The topological polar surface area (TPSA) is 41.9 Å². The molecule has 1 aromatic rings. The highest BCUT2D eigenvalue weighted by Crippen LogP contribution is 2.32. The van der Waals surface area contributed by atoms with Gasteiger partial charge in [0.05, 0.1) is 6.10 Å². The number of benzene rings is 1. The van der Waals surface area contributed by atoms with Crippen molar-refractivity contribution in [1.82, 2.24) is 4.90 Å². The van der Waals surface area contributed by atoms with Gasteiger partial charge in [0, 0.05) is 13.1 Å². The van der Waals surface area contributed by atoms with Crippen LogP contribution in [-0.2, 0) is 0 Å². The van der Waals surface area contributed by atoms with Crippen LogP contribution in [0.2, 0.25) is 0 Å². The molecule has 2 rings (SSSR count). The molecule has 112 valence electrons. The van der Waals surface area contributed by atoms with Gasteiger partial charge in [-0.1, -0.05) is 26.3 Å². The number of fused-ring (bicyclic) bond motifs is 1. The van der Waals surface area contributed by atoms with E-state index < -0.39 is 6.10 Å². The summed E-state index contributed by atoms with van der Waals surface area (Å²) < 4.78 is 11.0. The van der Waals surface area contributed by atoms with Crippen LogP contribution in [0.3, 0.4) is 0 Å². The van der Waals surface area contributed by atoms with E-state index in [-0.39, 0.29) is 0 Å². The van der Waals surface area contributed by atoms with Crippen LogP contribution in [0.5, 0.6) is 11.5 Å². The Morgan fingerprint density at radius 2 is 1.90 bits per heavy atom. The van der Waals surface area contributed by atoms with Crippen LogP contribution in [0.1, 0.15) is 31.9 Å². The standard InChI is InChI=1S/C16H25NO3/c1-4-12(2)10-17(3)11-14(18)13-5-6-15-16(9-13)20-8-7-19-15/h5-6,9,12,14,18H,4,7-8,10-11H2,1-3H3. The molecule has 0 amide bonds. The van der Waals surface area contributed by atoms with Gasteiger partial charge in [0.15, 0.2) is 11.5 Å². The molecule has 0 aliphatic carbocycles. The number of hydrogen-bond acceptors (Lipinski definition) is 4. The Bertz CT molecular complexity index is 436. The lowest BCUT2D eigenvalue weighted by Gasteiger charge is -2.24. The molecular weight excluding hydrogens is 254 g/mol. The van der Waals surface area contributed by atoms with Crippen LogP contribution in [0.25, 0.3) is 0 Å². The van der Waals surface area contributed by atoms with Crippen molar-refractivity contribution in [3.63, 3.8) is 0 Å². The van der Waals surface area contributed by atoms with E-state index in [1.165, 1.54) is 0 Å². The number of nitrogens with zero attached hydrogens (tertiary/aromatic N) is 1. The monoisotopic (exact) mass is 279 g/mol. The molecule has 0 saturated heterocycles. The third-order valence-corrected chi connectivity index (χ3v) is 3.76. The van der Waals surface area contributed by atoms with Gasteiger partial charge in [-0.25, -0.2) is 0 Å². The molecule has 0 saturated carbocycles. The Morgan fingerprint density at radius 1 is 1.20 bits per heavy atom. The van der Waals surface area contributed by atoms with Crippen LogP contribution in [0.15, 0.2) is 18.2 Å². The van der Waals surface area contributed by atoms with Crippen LogP contribution in [0, 0.1) is 5.92 Å². The van der Waals surface area contributed by atoms with E-state index in [0.717, 1.165) is 30.0 Å². The predicted octanol–water partition coefficient (Wildman–Crippen LogP) is 2.47. The first kappa shape index (κ1) is 15.1. The third kappa shape index (κ3) is 3.87. The molecule has 0 fully saturated rings. The molecule has 0 radical (unpaired) electrons. The number of aliphatic hydroxyl groups excluding tert-OH is 1. The van der Waals surface area contributed by atoms with Gasteiger partial charge in [0.1, 0.15) is 13.2 Å². The third-order valence-electron chi connectivity index (χ3n) is 3.76. The van der Waals surface area contributed by atoms with Gasteiger partial charge in [-0.3, -0.25) is 0 Å². The fraction of sp³-hybridized carbons (Fsp3) is 0.625. The Balaban J connectivity index is 1.96. The molecule has 0 aromatic heterocycles. The van der Waals surface area contributed by atoms with Crippen molar-refractivity contribution < 1.29 is 14.6 Å². The first-order chi connectivity index (χ1) is 9.60. The number of hydrogen-bond donors (Lipinski definition) is 1. The molecule has 0 spiro atoms. The zero-order valence-electron chi connectivity index (χ0n) is 12.6. The molecule has 1 N–H and O–H groups in total. The summed E-state index contributed by atoms with van der Waals surface area (Å²) in [5.74, 6) is 2.14. The number of aliphatic hydroxyl groups is 1. The Hall–Kier alpha value is -1.26. The summed E-state index contributed by atoms with van der Waals surface area (Å²) >= 11 is 0. The smallest absolute Gasteiger partial charge is 0.161 e. The van der Waals surface area contributed by atoms with Gasteiger partial charge in [0.2, 0.25) is 0 Å². The van der Waals surface area contributed by atoms with Crippen LogP contribution in [-0.4, -0.2) is 43.4 Å². The van der Waals surface area contributed by atoms with E-state index >= 15 is 0 Å². The molecule has 2 atom stereocenters. The maximum Gasteiger partial charge on any atom is 0.161 e. The molecule has 2 unspecified atom stereocenters. The zero-order chi connectivity index (χ0) is 14.5. The van der Waals surface area contributed by atoms with Crippen LogP contribution >= 0.6 is 0 Å². The minimum absolute atomic E-state index is 0.500. The molecule has 0 bridgehead atoms. The first-order valence-corrected chi connectivity index (χ1v) is 7.36. The lowest BCUT2D eigenvalue weighted by atomic mass is 10.1. The average molecular weight is 279 g/mol. The summed E-state index contributed by atoms with van der Waals surface area (Å²) in [6.07, 6.45) is 0.657. The average Bonchev–Trinajstić information content (AvgIpc) is 2.46. The van der Waals surface area contributed by atoms with Gasteiger partial charge in [-0.15, -0.1) is 0 Å². The summed E-state index contributed by atoms with van der Waals surface area (Å²) in [7, 11) is 2.05. The fourth-order valence-corrected chi connectivity index (χ4v) is 2.40. The summed E-state index contributed by atoms with van der Waals surface area (Å²) in [5.41, 5.74) is 0.880. The maximum atomic E-state index is 10.3. The van der Waals surface area contributed by atoms with Gasteiger partial charge >= 0.3 is 0 Å². The lowest BCUT2D eigenvalue weighted by Crippen LogP contribution is -2.29. The molecule has 4 heteroatoms. The highest BCUT2D eigenvalue weighted by atomic mass is 16.6. The van der Waals surface area contributed by atoms with Crippen LogP contribution < -0.4 is 9.47 Å². The SMILES string of the molecule is CCC(C)CN(C)CC(O)c1ccc2c(c1)OCCO2. The molecule has 1 heterocycles. The zero-order valence-corrected chi connectivity index (χ0v) is 12.6. The molecule has 4 nitrogen and oxygen atoms in total. The van der Waals surface area contributed by atoms with Crippen molar-refractivity contribution in [2.75, 3.05) is 33.4 Å². The van der Waals surface area contributed by atoms with Gasteiger partial charge < -0.3 is 19.5 Å². The first-order valence-electron chi connectivity index (χ1n) is 7.36. The normalized spacial score (nSPS) is 17.1. The van der Waals surface area contributed by atoms with Gasteiger partial charge in [0.25, 0.3) is 0 Å². The second kappa shape index (κ2) is 6.95. The number of ether oxygens (including phenoxy) is 2. The summed E-state index contributed by atoms with van der Waals surface area (Å²) in [6.45, 7) is 7.21. The maximum absolute atomic E-state index is 10.3. The van der Waals surface area contributed by atoms with Crippen molar-refractivity contribution >= 4 is 0 Å². The molecular formula is C16H25NO3. The number of likely N-dealkylation sites (N-methyl/N-ethyl adjacent to an activating group) is 1. The lowest BCUT2D eigenvalue weighted by molar-refractivity contribution is 0.118. The Labute approximate surface area is 121 Å². The molecule has 20 heavy (non-hydrogen) atoms. The van der Waals surface area contributed by atoms with Crippen molar-refractivity contribution in [2.24, 2.45) is 5.92 Å². The van der Waals surface area contributed by atoms with E-state index in [0.29, 0.717) is 25.7 Å². The second-order valence-electron chi connectivity index (χ2n) is 5.65. The van der Waals surface area contributed by atoms with Crippen LogP contribution in [0.4, 0.5) is 0 Å². The van der Waals surface area contributed by atoms with E-state index in [1.807, 2.05) is 25.2 Å². The highest BCUT2D eigenvalue weighted by molar-refractivity contribution is 5.44. The van der Waals surface area contributed by atoms with E-state index in [4.69, 9.17) is 9.47 Å². The Kier molecular flexibility index (Phi) is 5.26. The summed E-state index contributed by atoms with van der Waals surface area (Å²) in [4.78, 5) is 2.18. The molecule has 1 aliphatic rings. The number of rotatable bonds is 6.